The van der Waals surface area contributed by atoms with Crippen LogP contribution in [0.4, 0.5) is 11.8 Å². The number of fused-ring (bicyclic) bond motifs is 2. The normalized spacial score (nSPS) is 23.1. The van der Waals surface area contributed by atoms with Crippen LogP contribution in [0.3, 0.4) is 0 Å². The van der Waals surface area contributed by atoms with Crippen molar-refractivity contribution in [3.8, 4) is 0 Å². The Balaban J connectivity index is 1.49. The molecule has 5 rings (SSSR count). The van der Waals surface area contributed by atoms with Gasteiger partial charge in [0.25, 0.3) is 5.56 Å². The van der Waals surface area contributed by atoms with Crippen molar-refractivity contribution >= 4 is 11.8 Å². The van der Waals surface area contributed by atoms with Gasteiger partial charge < -0.3 is 20.3 Å². The van der Waals surface area contributed by atoms with E-state index in [1.54, 1.807) is 12.5 Å². The molecule has 3 heterocycles. The number of nitrogens with zero attached hydrogens (tertiary/aromatic N) is 4. The summed E-state index contributed by atoms with van der Waals surface area (Å²) in [6.07, 6.45) is 6.41. The van der Waals surface area contributed by atoms with Gasteiger partial charge in [0, 0.05) is 37.0 Å². The molecule has 4 N–H and O–H groups in total. The highest BCUT2D eigenvalue weighted by molar-refractivity contribution is 5.48. The van der Waals surface area contributed by atoms with Crippen molar-refractivity contribution < 1.29 is 5.11 Å². The van der Waals surface area contributed by atoms with Crippen LogP contribution in [0.25, 0.3) is 0 Å². The number of nitrogens with one attached hydrogen (secondary N) is 1. The second-order valence-electron chi connectivity index (χ2n) is 7.62. The molecule has 1 fully saturated rings. The summed E-state index contributed by atoms with van der Waals surface area (Å²) >= 11 is 0. The molecule has 3 aromatic rings. The molecule has 1 saturated heterocycles. The molecule has 2 aliphatic rings. The highest BCUT2D eigenvalue weighted by Gasteiger charge is 2.53. The smallest absolute Gasteiger partial charge is 0.254 e. The van der Waals surface area contributed by atoms with E-state index in [4.69, 9.17) is 5.73 Å². The lowest BCUT2D eigenvalue weighted by Gasteiger charge is -2.43. The zero-order valence-electron chi connectivity index (χ0n) is 15.3. The van der Waals surface area contributed by atoms with Crippen molar-refractivity contribution in [1.82, 2.24) is 19.5 Å². The molecule has 0 radical (unpaired) electrons. The van der Waals surface area contributed by atoms with E-state index in [1.807, 2.05) is 22.9 Å². The Kier molecular flexibility index (Phi) is 3.77. The van der Waals surface area contributed by atoms with E-state index in [1.165, 1.54) is 11.6 Å². The number of aromatic amines is 1. The van der Waals surface area contributed by atoms with Gasteiger partial charge in [-0.3, -0.25) is 9.78 Å². The van der Waals surface area contributed by atoms with E-state index >= 15 is 0 Å². The Morgan fingerprint density at radius 1 is 1.25 bits per heavy atom. The maximum Gasteiger partial charge on any atom is 0.254 e. The minimum absolute atomic E-state index is 0.120. The fourth-order valence-electron chi connectivity index (χ4n) is 4.92. The molecule has 0 unspecified atom stereocenters. The standard InChI is InChI=1S/C20H22N6O2/c21-19-23-15(11-16(27)24-19)25-8-5-20(6-9-25)14-4-2-1-3-13(14)17(18(20)28)26-10-7-22-12-26/h1-4,7,10-12,17-18,28H,5-6,8-9H2,(H3,21,23,24,27)/t17-,18+/m1/s1. The number of nitrogens with two attached hydrogens (primary N) is 1. The number of benzene rings is 1. The lowest BCUT2D eigenvalue weighted by Crippen LogP contribution is -2.49. The van der Waals surface area contributed by atoms with Crippen molar-refractivity contribution in [3.63, 3.8) is 0 Å². The van der Waals surface area contributed by atoms with Gasteiger partial charge in [0.1, 0.15) is 5.82 Å². The summed E-state index contributed by atoms with van der Waals surface area (Å²) in [6.45, 7) is 1.38. The van der Waals surface area contributed by atoms with Crippen LogP contribution in [-0.4, -0.2) is 43.8 Å². The third-order valence-electron chi connectivity index (χ3n) is 6.25. The van der Waals surface area contributed by atoms with Crippen molar-refractivity contribution in [1.29, 1.82) is 0 Å². The number of nitrogen functional groups attached to an aromatic ring is 1. The molecule has 1 aromatic carbocycles. The first kappa shape index (κ1) is 17.0. The predicted molar refractivity (Wildman–Crippen MR) is 105 cm³/mol. The fraction of sp³-hybridized carbons (Fsp3) is 0.350. The molecule has 0 amide bonds. The summed E-state index contributed by atoms with van der Waals surface area (Å²) < 4.78 is 1.99. The molecule has 2 aromatic heterocycles. The summed E-state index contributed by atoms with van der Waals surface area (Å²) in [4.78, 5) is 24.7. The second-order valence-corrected chi connectivity index (χ2v) is 7.62. The van der Waals surface area contributed by atoms with Crippen LogP contribution in [0, 0.1) is 0 Å². The summed E-state index contributed by atoms with van der Waals surface area (Å²) in [5, 5.41) is 11.4. The van der Waals surface area contributed by atoms with E-state index in [0.717, 1.165) is 18.4 Å². The van der Waals surface area contributed by atoms with Crippen molar-refractivity contribution in [3.05, 3.63) is 70.5 Å². The van der Waals surface area contributed by atoms with E-state index in [2.05, 4.69) is 32.0 Å². The summed E-state index contributed by atoms with van der Waals surface area (Å²) in [5.74, 6) is 0.706. The van der Waals surface area contributed by atoms with Crippen molar-refractivity contribution in [2.75, 3.05) is 23.7 Å². The zero-order valence-corrected chi connectivity index (χ0v) is 15.3. The monoisotopic (exact) mass is 378 g/mol. The second kappa shape index (κ2) is 6.20. The van der Waals surface area contributed by atoms with Crippen LogP contribution in [0.1, 0.15) is 30.0 Å². The predicted octanol–water partition coefficient (Wildman–Crippen LogP) is 1.05. The first-order valence-corrected chi connectivity index (χ1v) is 9.45. The average molecular weight is 378 g/mol. The van der Waals surface area contributed by atoms with E-state index in [0.29, 0.717) is 18.9 Å². The lowest BCUT2D eigenvalue weighted by atomic mass is 9.72. The molecule has 144 valence electrons. The SMILES string of the molecule is Nc1nc(N2CCC3(CC2)c2ccccc2[C@@H](n2ccnc2)[C@@H]3O)cc(=O)[nH]1. The number of aliphatic hydroxyl groups excluding tert-OH is 1. The Hall–Kier alpha value is -3.13. The molecule has 2 atom stereocenters. The Labute approximate surface area is 161 Å². The van der Waals surface area contributed by atoms with Gasteiger partial charge in [0.15, 0.2) is 0 Å². The molecule has 1 aliphatic carbocycles. The Bertz CT molecular complexity index is 1050. The number of aliphatic hydroxyl groups is 1. The topological polar surface area (TPSA) is 113 Å². The molecule has 28 heavy (non-hydrogen) atoms. The van der Waals surface area contributed by atoms with Gasteiger partial charge in [-0.05, 0) is 24.0 Å². The number of rotatable bonds is 2. The van der Waals surface area contributed by atoms with Gasteiger partial charge in [0.05, 0.1) is 18.5 Å². The van der Waals surface area contributed by atoms with E-state index < -0.39 is 6.10 Å². The van der Waals surface area contributed by atoms with Crippen LogP contribution in [0.15, 0.2) is 53.8 Å². The van der Waals surface area contributed by atoms with Gasteiger partial charge in [-0.2, -0.15) is 4.98 Å². The van der Waals surface area contributed by atoms with E-state index in [9.17, 15) is 9.90 Å². The summed E-state index contributed by atoms with van der Waals surface area (Å²) in [7, 11) is 0. The minimum atomic E-state index is -0.543. The number of imidazole rings is 1. The molecule has 8 nitrogen and oxygen atoms in total. The summed E-state index contributed by atoms with van der Waals surface area (Å²) in [5.41, 5.74) is 7.48. The number of anilines is 2. The summed E-state index contributed by atoms with van der Waals surface area (Å²) in [6, 6.07) is 9.62. The van der Waals surface area contributed by atoms with Gasteiger partial charge in [-0.25, -0.2) is 4.98 Å². The van der Waals surface area contributed by atoms with Crippen LogP contribution in [-0.2, 0) is 5.41 Å². The van der Waals surface area contributed by atoms with Crippen LogP contribution < -0.4 is 16.2 Å². The Morgan fingerprint density at radius 2 is 2.04 bits per heavy atom. The van der Waals surface area contributed by atoms with Gasteiger partial charge in [-0.15, -0.1) is 0 Å². The van der Waals surface area contributed by atoms with Gasteiger partial charge in [0.2, 0.25) is 5.95 Å². The maximum absolute atomic E-state index is 11.7. The molecule has 0 bridgehead atoms. The quantitative estimate of drug-likeness (QED) is 0.614. The number of hydrogen-bond donors (Lipinski definition) is 3. The third-order valence-corrected chi connectivity index (χ3v) is 6.25. The first-order valence-electron chi connectivity index (χ1n) is 9.45. The van der Waals surface area contributed by atoms with Crippen molar-refractivity contribution in [2.24, 2.45) is 0 Å². The largest absolute Gasteiger partial charge is 0.390 e. The number of piperidine rings is 1. The molecule has 1 spiro atoms. The highest BCUT2D eigenvalue weighted by atomic mass is 16.3. The molecule has 8 heteroatoms. The van der Waals surface area contributed by atoms with Gasteiger partial charge >= 0.3 is 0 Å². The van der Waals surface area contributed by atoms with Crippen molar-refractivity contribution in [2.45, 2.75) is 30.4 Å². The van der Waals surface area contributed by atoms with Gasteiger partial charge in [-0.1, -0.05) is 24.3 Å². The van der Waals surface area contributed by atoms with E-state index in [-0.39, 0.29) is 23.0 Å². The molecular formula is C20H22N6O2. The zero-order chi connectivity index (χ0) is 19.3. The van der Waals surface area contributed by atoms with Crippen LogP contribution in [0.5, 0.6) is 0 Å². The molecule has 1 aliphatic heterocycles. The maximum atomic E-state index is 11.7. The number of hydrogen-bond acceptors (Lipinski definition) is 6. The Morgan fingerprint density at radius 3 is 2.75 bits per heavy atom. The molecular weight excluding hydrogens is 356 g/mol. The fourth-order valence-corrected chi connectivity index (χ4v) is 4.92. The average Bonchev–Trinajstić information content (AvgIpc) is 3.28. The molecule has 0 saturated carbocycles. The minimum Gasteiger partial charge on any atom is -0.390 e. The number of aromatic nitrogens is 4. The first-order chi connectivity index (χ1) is 13.6. The number of H-pyrrole nitrogens is 1. The van der Waals surface area contributed by atoms with Crippen LogP contribution in [0.2, 0.25) is 0 Å². The highest BCUT2D eigenvalue weighted by Crippen LogP contribution is 2.52. The lowest BCUT2D eigenvalue weighted by molar-refractivity contribution is 0.0492. The van der Waals surface area contributed by atoms with Crippen LogP contribution >= 0.6 is 0 Å². The third kappa shape index (κ3) is 2.45.